The summed E-state index contributed by atoms with van der Waals surface area (Å²) in [6.45, 7) is 3.34. The smallest absolute Gasteiger partial charge is 0.0507 e. The fourth-order valence-corrected chi connectivity index (χ4v) is 5.69. The van der Waals surface area contributed by atoms with Gasteiger partial charge < -0.3 is 9.64 Å². The molecule has 3 saturated heterocycles. The summed E-state index contributed by atoms with van der Waals surface area (Å²) in [5, 5.41) is 0. The Morgan fingerprint density at radius 3 is 2.27 bits per heavy atom. The molecule has 0 amide bonds. The van der Waals surface area contributed by atoms with Crippen LogP contribution in [0.25, 0.3) is 0 Å². The lowest BCUT2D eigenvalue weighted by Crippen LogP contribution is -2.53. The number of hydrogen-bond donors (Lipinski definition) is 0. The first kappa shape index (κ1) is 15.4. The molecular weight excluding hydrogens is 272 g/mol. The first-order chi connectivity index (χ1) is 10.8. The molecule has 0 aromatic heterocycles. The van der Waals surface area contributed by atoms with Crippen LogP contribution in [0.4, 0.5) is 0 Å². The molecule has 1 unspecified atom stereocenters. The highest BCUT2D eigenvalue weighted by molar-refractivity contribution is 4.98. The summed E-state index contributed by atoms with van der Waals surface area (Å²) in [6, 6.07) is 3.48. The highest BCUT2D eigenvalue weighted by Gasteiger charge is 2.42. The summed E-state index contributed by atoms with van der Waals surface area (Å²) in [4.78, 5) is 5.67. The standard InChI is InChI=1S/C19H34N2O/c1-20-17-7-8-18(20)12-19(11-17)21(13-15-9-10-22-14-15)16-5-3-2-4-6-16/h15-19H,2-14H2,1H3/t15?,17-,18-/m0/s1. The van der Waals surface area contributed by atoms with Gasteiger partial charge in [-0.2, -0.15) is 0 Å². The fraction of sp³-hybridized carbons (Fsp3) is 1.00. The van der Waals surface area contributed by atoms with Crippen LogP contribution < -0.4 is 0 Å². The molecule has 4 fully saturated rings. The number of nitrogens with zero attached hydrogens (tertiary/aromatic N) is 2. The largest absolute Gasteiger partial charge is 0.381 e. The Morgan fingerprint density at radius 1 is 0.909 bits per heavy atom. The molecule has 3 heteroatoms. The van der Waals surface area contributed by atoms with Crippen molar-refractivity contribution in [1.82, 2.24) is 9.80 Å². The molecule has 3 atom stereocenters. The molecule has 22 heavy (non-hydrogen) atoms. The van der Waals surface area contributed by atoms with Gasteiger partial charge in [-0.15, -0.1) is 0 Å². The minimum atomic E-state index is 0.805. The highest BCUT2D eigenvalue weighted by Crippen LogP contribution is 2.39. The normalized spacial score (nSPS) is 40.6. The molecule has 4 aliphatic rings. The van der Waals surface area contributed by atoms with Gasteiger partial charge in [-0.05, 0) is 57.9 Å². The van der Waals surface area contributed by atoms with Crippen LogP contribution >= 0.6 is 0 Å². The molecule has 1 aliphatic carbocycles. The summed E-state index contributed by atoms with van der Waals surface area (Å²) in [5.74, 6) is 0.805. The summed E-state index contributed by atoms with van der Waals surface area (Å²) in [7, 11) is 2.37. The van der Waals surface area contributed by atoms with Gasteiger partial charge >= 0.3 is 0 Å². The number of fused-ring (bicyclic) bond motifs is 2. The van der Waals surface area contributed by atoms with Crippen LogP contribution in [0.2, 0.25) is 0 Å². The Kier molecular flexibility index (Phi) is 4.75. The average Bonchev–Trinajstić information content (AvgIpc) is 3.11. The van der Waals surface area contributed by atoms with Crippen molar-refractivity contribution in [2.45, 2.75) is 88.4 Å². The van der Waals surface area contributed by atoms with E-state index in [1.165, 1.54) is 70.8 Å². The van der Waals surface area contributed by atoms with Crippen molar-refractivity contribution in [1.29, 1.82) is 0 Å². The molecular formula is C19H34N2O. The first-order valence-electron chi connectivity index (χ1n) is 9.86. The maximum Gasteiger partial charge on any atom is 0.0507 e. The van der Waals surface area contributed by atoms with E-state index >= 15 is 0 Å². The van der Waals surface area contributed by atoms with Gasteiger partial charge in [-0.25, -0.2) is 0 Å². The molecule has 3 aliphatic heterocycles. The van der Waals surface area contributed by atoms with Crippen LogP contribution in [0.15, 0.2) is 0 Å². The van der Waals surface area contributed by atoms with Gasteiger partial charge in [0, 0.05) is 37.3 Å². The van der Waals surface area contributed by atoms with Gasteiger partial charge in [0.25, 0.3) is 0 Å². The van der Waals surface area contributed by atoms with E-state index < -0.39 is 0 Å². The Hall–Kier alpha value is -0.120. The zero-order valence-electron chi connectivity index (χ0n) is 14.4. The molecule has 0 spiro atoms. The number of hydrogen-bond acceptors (Lipinski definition) is 3. The molecule has 126 valence electrons. The average molecular weight is 306 g/mol. The predicted octanol–water partition coefficient (Wildman–Crippen LogP) is 3.28. The molecule has 3 heterocycles. The van der Waals surface area contributed by atoms with E-state index in [4.69, 9.17) is 4.74 Å². The van der Waals surface area contributed by atoms with Crippen LogP contribution in [0, 0.1) is 5.92 Å². The molecule has 1 saturated carbocycles. The summed E-state index contributed by atoms with van der Waals surface area (Å²) in [6.07, 6.45) is 14.3. The SMILES string of the molecule is CN1[C@H]2CC[C@H]1CC(N(CC1CCOC1)C1CCCCC1)C2. The van der Waals surface area contributed by atoms with Crippen molar-refractivity contribution in [3.8, 4) is 0 Å². The van der Waals surface area contributed by atoms with Crippen LogP contribution in [-0.2, 0) is 4.74 Å². The lowest BCUT2D eigenvalue weighted by atomic mass is 9.88. The van der Waals surface area contributed by atoms with Gasteiger partial charge in [-0.3, -0.25) is 4.90 Å². The van der Waals surface area contributed by atoms with Crippen molar-refractivity contribution >= 4 is 0 Å². The predicted molar refractivity (Wildman–Crippen MR) is 90.1 cm³/mol. The Morgan fingerprint density at radius 2 is 1.64 bits per heavy atom. The summed E-state index contributed by atoms with van der Waals surface area (Å²) >= 11 is 0. The van der Waals surface area contributed by atoms with Gasteiger partial charge in [0.1, 0.15) is 0 Å². The third-order valence-electron chi connectivity index (χ3n) is 7.08. The number of piperidine rings is 1. The second-order valence-electron chi connectivity index (χ2n) is 8.39. The highest BCUT2D eigenvalue weighted by atomic mass is 16.5. The maximum absolute atomic E-state index is 5.67. The first-order valence-corrected chi connectivity index (χ1v) is 9.86. The van der Waals surface area contributed by atoms with E-state index in [9.17, 15) is 0 Å². The van der Waals surface area contributed by atoms with E-state index in [0.717, 1.165) is 43.3 Å². The molecule has 0 radical (unpaired) electrons. The molecule has 2 bridgehead atoms. The third kappa shape index (κ3) is 3.09. The maximum atomic E-state index is 5.67. The molecule has 4 rings (SSSR count). The van der Waals surface area contributed by atoms with Crippen molar-refractivity contribution in [2.75, 3.05) is 26.8 Å². The van der Waals surface area contributed by atoms with E-state index in [2.05, 4.69) is 16.8 Å². The van der Waals surface area contributed by atoms with E-state index in [0.29, 0.717) is 0 Å². The van der Waals surface area contributed by atoms with Crippen molar-refractivity contribution in [3.05, 3.63) is 0 Å². The van der Waals surface area contributed by atoms with Gasteiger partial charge in [0.05, 0.1) is 6.61 Å². The van der Waals surface area contributed by atoms with Crippen LogP contribution in [0.3, 0.4) is 0 Å². The minimum absolute atomic E-state index is 0.805. The molecule has 0 N–H and O–H groups in total. The van der Waals surface area contributed by atoms with Gasteiger partial charge in [0.15, 0.2) is 0 Å². The topological polar surface area (TPSA) is 15.7 Å². The Labute approximate surface area is 136 Å². The minimum Gasteiger partial charge on any atom is -0.381 e. The Balaban J connectivity index is 1.46. The molecule has 3 nitrogen and oxygen atoms in total. The van der Waals surface area contributed by atoms with Crippen LogP contribution in [0.5, 0.6) is 0 Å². The second-order valence-corrected chi connectivity index (χ2v) is 8.39. The second kappa shape index (κ2) is 6.78. The van der Waals surface area contributed by atoms with Crippen molar-refractivity contribution in [3.63, 3.8) is 0 Å². The van der Waals surface area contributed by atoms with E-state index in [1.807, 2.05) is 0 Å². The summed E-state index contributed by atoms with van der Waals surface area (Å²) < 4.78 is 5.67. The van der Waals surface area contributed by atoms with Gasteiger partial charge in [0.2, 0.25) is 0 Å². The van der Waals surface area contributed by atoms with Crippen molar-refractivity contribution in [2.24, 2.45) is 5.92 Å². The lowest BCUT2D eigenvalue weighted by Gasteiger charge is -2.46. The number of rotatable bonds is 4. The zero-order chi connectivity index (χ0) is 14.9. The van der Waals surface area contributed by atoms with Crippen molar-refractivity contribution < 1.29 is 4.74 Å². The third-order valence-corrected chi connectivity index (χ3v) is 7.08. The molecule has 0 aromatic carbocycles. The van der Waals surface area contributed by atoms with Crippen LogP contribution in [0.1, 0.15) is 64.2 Å². The van der Waals surface area contributed by atoms with Crippen LogP contribution in [-0.4, -0.2) is 60.8 Å². The summed E-state index contributed by atoms with van der Waals surface area (Å²) in [5.41, 5.74) is 0. The fourth-order valence-electron chi connectivity index (χ4n) is 5.69. The molecule has 0 aromatic rings. The van der Waals surface area contributed by atoms with E-state index in [-0.39, 0.29) is 0 Å². The quantitative estimate of drug-likeness (QED) is 0.793. The zero-order valence-corrected chi connectivity index (χ0v) is 14.4. The monoisotopic (exact) mass is 306 g/mol. The van der Waals surface area contributed by atoms with Gasteiger partial charge in [-0.1, -0.05) is 19.3 Å². The Bertz CT molecular complexity index is 348. The number of ether oxygens (including phenoxy) is 1. The van der Waals surface area contributed by atoms with E-state index in [1.54, 1.807) is 0 Å². The lowest BCUT2D eigenvalue weighted by molar-refractivity contribution is 0.0237.